The predicted octanol–water partition coefficient (Wildman–Crippen LogP) is 2.60. The van der Waals surface area contributed by atoms with Crippen molar-refractivity contribution in [2.75, 3.05) is 20.1 Å². The van der Waals surface area contributed by atoms with E-state index in [-0.39, 0.29) is 17.1 Å². The van der Waals surface area contributed by atoms with Crippen LogP contribution in [0.3, 0.4) is 0 Å². The number of fused-ring (bicyclic) bond motifs is 1. The van der Waals surface area contributed by atoms with Crippen LogP contribution in [0.25, 0.3) is 10.8 Å². The van der Waals surface area contributed by atoms with Crippen LogP contribution in [0.4, 0.5) is 0 Å². The Morgan fingerprint density at radius 2 is 1.90 bits per heavy atom. The van der Waals surface area contributed by atoms with Gasteiger partial charge in [0.2, 0.25) is 0 Å². The Morgan fingerprint density at radius 3 is 2.57 bits per heavy atom. The van der Waals surface area contributed by atoms with Gasteiger partial charge in [-0.1, -0.05) is 44.2 Å². The van der Waals surface area contributed by atoms with Gasteiger partial charge in [-0.05, 0) is 23.4 Å². The number of phenolic OH excluding ortho intramolecular Hbond substituents is 1. The second-order valence-electron chi connectivity index (χ2n) is 6.21. The minimum absolute atomic E-state index is 0.0375. The molecule has 0 aliphatic heterocycles. The lowest BCUT2D eigenvalue weighted by Gasteiger charge is -2.29. The van der Waals surface area contributed by atoms with Crippen molar-refractivity contribution in [2.45, 2.75) is 13.8 Å². The third-order valence-corrected chi connectivity index (χ3v) is 3.70. The van der Waals surface area contributed by atoms with Gasteiger partial charge in [-0.25, -0.2) is 0 Å². The summed E-state index contributed by atoms with van der Waals surface area (Å²) < 4.78 is 0. The fraction of sp³-hybridized carbons (Fsp3) is 0.353. The molecule has 2 rings (SSSR count). The lowest BCUT2D eigenvalue weighted by atomic mass is 9.93. The van der Waals surface area contributed by atoms with Crippen molar-refractivity contribution in [3.63, 3.8) is 0 Å². The van der Waals surface area contributed by atoms with E-state index in [4.69, 9.17) is 5.73 Å². The minimum atomic E-state index is -0.195. The SMILES string of the molecule is CN(CC(C)(C)CN)C(=O)c1ccc2ccccc2c1O. The van der Waals surface area contributed by atoms with Crippen LogP contribution in [0.1, 0.15) is 24.2 Å². The van der Waals surface area contributed by atoms with E-state index in [0.29, 0.717) is 24.0 Å². The zero-order valence-corrected chi connectivity index (χ0v) is 12.8. The molecule has 0 radical (unpaired) electrons. The van der Waals surface area contributed by atoms with Gasteiger partial charge >= 0.3 is 0 Å². The monoisotopic (exact) mass is 286 g/mol. The fourth-order valence-electron chi connectivity index (χ4n) is 2.41. The summed E-state index contributed by atoms with van der Waals surface area (Å²) in [6, 6.07) is 11.0. The van der Waals surface area contributed by atoms with E-state index in [1.165, 1.54) is 0 Å². The Bertz CT molecular complexity index is 665. The Labute approximate surface area is 125 Å². The van der Waals surface area contributed by atoms with Crippen molar-refractivity contribution in [3.05, 3.63) is 42.0 Å². The largest absolute Gasteiger partial charge is 0.506 e. The zero-order valence-electron chi connectivity index (χ0n) is 12.8. The topological polar surface area (TPSA) is 66.6 Å². The molecule has 0 saturated carbocycles. The van der Waals surface area contributed by atoms with Crippen molar-refractivity contribution in [2.24, 2.45) is 11.1 Å². The molecule has 0 unspecified atom stereocenters. The number of nitrogens with two attached hydrogens (primary N) is 1. The first-order valence-electron chi connectivity index (χ1n) is 7.02. The third kappa shape index (κ3) is 3.16. The minimum Gasteiger partial charge on any atom is -0.506 e. The standard InChI is InChI=1S/C17H22N2O2/c1-17(2,10-18)11-19(3)16(21)14-9-8-12-6-4-5-7-13(12)15(14)20/h4-9,20H,10-11,18H2,1-3H3. The number of benzene rings is 2. The van der Waals surface area contributed by atoms with E-state index < -0.39 is 0 Å². The third-order valence-electron chi connectivity index (χ3n) is 3.70. The molecule has 1 amide bonds. The maximum absolute atomic E-state index is 12.5. The zero-order chi connectivity index (χ0) is 15.6. The molecule has 0 heterocycles. The molecule has 2 aromatic rings. The van der Waals surface area contributed by atoms with Gasteiger partial charge in [-0.15, -0.1) is 0 Å². The number of rotatable bonds is 4. The van der Waals surface area contributed by atoms with Crippen LogP contribution in [0.2, 0.25) is 0 Å². The van der Waals surface area contributed by atoms with Gasteiger partial charge in [0.05, 0.1) is 5.56 Å². The highest BCUT2D eigenvalue weighted by molar-refractivity contribution is 6.03. The van der Waals surface area contributed by atoms with E-state index in [1.54, 1.807) is 18.0 Å². The van der Waals surface area contributed by atoms with Crippen molar-refractivity contribution in [3.8, 4) is 5.75 Å². The van der Waals surface area contributed by atoms with Crippen LogP contribution < -0.4 is 5.73 Å². The first-order valence-corrected chi connectivity index (χ1v) is 7.02. The molecule has 4 nitrogen and oxygen atoms in total. The van der Waals surface area contributed by atoms with E-state index in [9.17, 15) is 9.90 Å². The number of amides is 1. The summed E-state index contributed by atoms with van der Waals surface area (Å²) in [5.74, 6) is -0.157. The van der Waals surface area contributed by atoms with E-state index in [1.807, 2.05) is 44.2 Å². The summed E-state index contributed by atoms with van der Waals surface area (Å²) in [6.45, 7) is 5.05. The van der Waals surface area contributed by atoms with Gasteiger partial charge in [0, 0.05) is 19.0 Å². The maximum Gasteiger partial charge on any atom is 0.257 e. The van der Waals surface area contributed by atoms with Crippen LogP contribution in [0.5, 0.6) is 5.75 Å². The molecule has 0 saturated heterocycles. The van der Waals surface area contributed by atoms with Crippen molar-refractivity contribution >= 4 is 16.7 Å². The van der Waals surface area contributed by atoms with Crippen LogP contribution in [-0.4, -0.2) is 36.1 Å². The molecule has 21 heavy (non-hydrogen) atoms. The second-order valence-corrected chi connectivity index (χ2v) is 6.21. The molecule has 0 aromatic heterocycles. The Morgan fingerprint density at radius 1 is 1.24 bits per heavy atom. The van der Waals surface area contributed by atoms with Gasteiger partial charge < -0.3 is 15.7 Å². The molecular formula is C17H22N2O2. The summed E-state index contributed by atoms with van der Waals surface area (Å²) in [7, 11) is 1.73. The summed E-state index contributed by atoms with van der Waals surface area (Å²) in [5, 5.41) is 12.0. The average Bonchev–Trinajstić information content (AvgIpc) is 2.47. The summed E-state index contributed by atoms with van der Waals surface area (Å²) in [5.41, 5.74) is 5.88. The molecule has 0 aliphatic carbocycles. The van der Waals surface area contributed by atoms with E-state index >= 15 is 0 Å². The molecular weight excluding hydrogens is 264 g/mol. The highest BCUT2D eigenvalue weighted by Crippen LogP contribution is 2.29. The molecule has 0 fully saturated rings. The van der Waals surface area contributed by atoms with Gasteiger partial charge in [-0.2, -0.15) is 0 Å². The Kier molecular flexibility index (Phi) is 4.19. The second kappa shape index (κ2) is 5.74. The first-order chi connectivity index (χ1) is 9.85. The molecule has 112 valence electrons. The Hall–Kier alpha value is -2.07. The van der Waals surface area contributed by atoms with Crippen LogP contribution >= 0.6 is 0 Å². The number of carbonyl (C=O) groups is 1. The average molecular weight is 286 g/mol. The molecule has 3 N–H and O–H groups in total. The molecule has 0 bridgehead atoms. The van der Waals surface area contributed by atoms with Crippen molar-refractivity contribution < 1.29 is 9.90 Å². The van der Waals surface area contributed by atoms with E-state index in [2.05, 4.69) is 0 Å². The summed E-state index contributed by atoms with van der Waals surface area (Å²) >= 11 is 0. The van der Waals surface area contributed by atoms with Gasteiger partial charge in [-0.3, -0.25) is 4.79 Å². The van der Waals surface area contributed by atoms with Crippen LogP contribution in [0.15, 0.2) is 36.4 Å². The van der Waals surface area contributed by atoms with Gasteiger partial charge in [0.15, 0.2) is 0 Å². The molecule has 0 aliphatic rings. The normalized spacial score (nSPS) is 11.6. The van der Waals surface area contributed by atoms with Gasteiger partial charge in [0.1, 0.15) is 5.75 Å². The quantitative estimate of drug-likeness (QED) is 0.908. The van der Waals surface area contributed by atoms with Crippen LogP contribution in [0, 0.1) is 5.41 Å². The molecule has 2 aromatic carbocycles. The molecule has 0 spiro atoms. The predicted molar refractivity (Wildman–Crippen MR) is 85.4 cm³/mol. The molecule has 0 atom stereocenters. The van der Waals surface area contributed by atoms with Crippen molar-refractivity contribution in [1.82, 2.24) is 4.90 Å². The molecule has 4 heteroatoms. The number of hydrogen-bond acceptors (Lipinski definition) is 3. The number of nitrogens with zero attached hydrogens (tertiary/aromatic N) is 1. The summed E-state index contributed by atoms with van der Waals surface area (Å²) in [6.07, 6.45) is 0. The van der Waals surface area contributed by atoms with Crippen LogP contribution in [-0.2, 0) is 0 Å². The number of phenols is 1. The lowest BCUT2D eigenvalue weighted by molar-refractivity contribution is 0.0738. The number of aromatic hydroxyl groups is 1. The Balaban J connectivity index is 2.33. The lowest BCUT2D eigenvalue weighted by Crippen LogP contribution is -2.39. The highest BCUT2D eigenvalue weighted by Gasteiger charge is 2.23. The van der Waals surface area contributed by atoms with E-state index in [0.717, 1.165) is 5.39 Å². The van der Waals surface area contributed by atoms with Gasteiger partial charge in [0.25, 0.3) is 5.91 Å². The maximum atomic E-state index is 12.5. The number of carbonyl (C=O) groups excluding carboxylic acids is 1. The smallest absolute Gasteiger partial charge is 0.257 e. The van der Waals surface area contributed by atoms with Crippen molar-refractivity contribution in [1.29, 1.82) is 0 Å². The number of hydrogen-bond donors (Lipinski definition) is 2. The highest BCUT2D eigenvalue weighted by atomic mass is 16.3. The summed E-state index contributed by atoms with van der Waals surface area (Å²) in [4.78, 5) is 14.1. The fourth-order valence-corrected chi connectivity index (χ4v) is 2.41. The first kappa shape index (κ1) is 15.3.